The summed E-state index contributed by atoms with van der Waals surface area (Å²) in [5.74, 6) is 9.04. The number of unbranched alkanes of at least 4 members (excludes halogenated alkanes) is 1. The van der Waals surface area contributed by atoms with E-state index < -0.39 is 0 Å². The number of hydrogen-bond donors (Lipinski definition) is 0. The Morgan fingerprint density at radius 2 is 1.88 bits per heavy atom. The summed E-state index contributed by atoms with van der Waals surface area (Å²) < 4.78 is 0. The van der Waals surface area contributed by atoms with Crippen LogP contribution < -0.4 is 0 Å². The van der Waals surface area contributed by atoms with Gasteiger partial charge in [-0.25, -0.2) is 0 Å². The first-order valence-corrected chi connectivity index (χ1v) is 2.21. The van der Waals surface area contributed by atoms with Crippen molar-refractivity contribution in [2.24, 2.45) is 0 Å². The van der Waals surface area contributed by atoms with Gasteiger partial charge in [-0.3, -0.25) is 0 Å². The van der Waals surface area contributed by atoms with E-state index in [0.717, 1.165) is 0 Å². The number of rotatable bonds is 1. The van der Waals surface area contributed by atoms with Crippen LogP contribution in [0.3, 0.4) is 0 Å². The predicted octanol–water partition coefficient (Wildman–Crippen LogP) is 0.950. The van der Waals surface area contributed by atoms with Crippen LogP contribution >= 0.6 is 0 Å². The second kappa shape index (κ2) is 5.68. The maximum absolute atomic E-state index is 6.45. The van der Waals surface area contributed by atoms with Gasteiger partial charge in [0.25, 0.3) is 0 Å². The molecule has 0 amide bonds. The van der Waals surface area contributed by atoms with E-state index in [0.29, 0.717) is 12.8 Å². The van der Waals surface area contributed by atoms with E-state index in [2.05, 4.69) is 17.8 Å². The zero-order chi connectivity index (χ0) is 6.24. The van der Waals surface area contributed by atoms with Crippen molar-refractivity contribution in [3.05, 3.63) is 12.8 Å². The summed E-state index contributed by atoms with van der Waals surface area (Å²) in [7, 11) is 0. The van der Waals surface area contributed by atoms with Crippen LogP contribution in [-0.4, -0.2) is 0 Å². The van der Waals surface area contributed by atoms with Gasteiger partial charge in [0.05, 0.1) is 0 Å². The monoisotopic (exact) mass is 100 g/mol. The average molecular weight is 100 g/mol. The molecule has 0 aromatic heterocycles. The lowest BCUT2D eigenvalue weighted by molar-refractivity contribution is 1.12. The van der Waals surface area contributed by atoms with Crippen molar-refractivity contribution in [3.63, 3.8) is 0 Å². The summed E-state index contributed by atoms with van der Waals surface area (Å²) in [6, 6.07) is 0. The summed E-state index contributed by atoms with van der Waals surface area (Å²) in [6.45, 7) is 0. The molecule has 0 heterocycles. The summed E-state index contributed by atoms with van der Waals surface area (Å²) in [5, 5.41) is 0. The van der Waals surface area contributed by atoms with Gasteiger partial charge in [-0.1, -0.05) is 11.8 Å². The highest BCUT2D eigenvalue weighted by Crippen LogP contribution is 1.79. The molecule has 0 aromatic rings. The molecule has 0 saturated heterocycles. The predicted molar refractivity (Wildman–Crippen MR) is 31.3 cm³/mol. The third kappa shape index (κ3) is 4.68. The first-order valence-electron chi connectivity index (χ1n) is 2.21. The summed E-state index contributed by atoms with van der Waals surface area (Å²) in [6.07, 6.45) is 14.0. The quantitative estimate of drug-likeness (QED) is 0.340. The van der Waals surface area contributed by atoms with Crippen molar-refractivity contribution < 1.29 is 0 Å². The topological polar surface area (TPSA) is 0 Å². The smallest absolute Gasteiger partial charge is 0.0209 e. The Morgan fingerprint density at radius 3 is 2.38 bits per heavy atom. The lowest BCUT2D eigenvalue weighted by Crippen LogP contribution is -1.61. The van der Waals surface area contributed by atoms with Crippen molar-refractivity contribution in [3.8, 4) is 23.7 Å². The molecule has 0 unspecified atom stereocenters. The van der Waals surface area contributed by atoms with Gasteiger partial charge in [0.2, 0.25) is 0 Å². The van der Waals surface area contributed by atoms with E-state index in [4.69, 9.17) is 12.8 Å². The third-order valence-corrected chi connectivity index (χ3v) is 0.526. The fourth-order valence-corrected chi connectivity index (χ4v) is 0.232. The number of hydrogen-bond acceptors (Lipinski definition) is 0. The van der Waals surface area contributed by atoms with Gasteiger partial charge in [-0.2, -0.15) is 0 Å². The van der Waals surface area contributed by atoms with Crippen LogP contribution in [0.2, 0.25) is 0 Å². The van der Waals surface area contributed by atoms with Gasteiger partial charge in [-0.15, -0.1) is 0 Å². The molecule has 8 heavy (non-hydrogen) atoms. The Morgan fingerprint density at radius 1 is 1.12 bits per heavy atom. The van der Waals surface area contributed by atoms with E-state index in [1.807, 2.05) is 5.92 Å². The molecule has 0 aliphatic heterocycles. The molecule has 0 nitrogen and oxygen atoms in total. The first kappa shape index (κ1) is 6.68. The Balaban J connectivity index is 3.23. The Kier molecular flexibility index (Phi) is 4.74. The molecule has 0 bridgehead atoms. The standard InChI is InChI=1S/C8H4/c1-3-5-7-8-6-4-2/h5,7H2. The minimum absolute atomic E-state index is 0.550. The van der Waals surface area contributed by atoms with Crippen LogP contribution in [0.1, 0.15) is 12.8 Å². The molecule has 0 saturated carbocycles. The van der Waals surface area contributed by atoms with E-state index >= 15 is 0 Å². The van der Waals surface area contributed by atoms with Crippen molar-refractivity contribution in [1.82, 2.24) is 0 Å². The molecular weight excluding hydrogens is 96.1 g/mol. The highest BCUT2D eigenvalue weighted by Gasteiger charge is 1.69. The second-order valence-corrected chi connectivity index (χ2v) is 1.10. The summed E-state index contributed by atoms with van der Waals surface area (Å²) in [5.41, 5.74) is 0. The molecule has 0 N–H and O–H groups in total. The molecule has 0 heteroatoms. The van der Waals surface area contributed by atoms with Crippen molar-refractivity contribution in [1.29, 1.82) is 0 Å². The molecule has 0 aliphatic carbocycles. The maximum atomic E-state index is 6.45. The lowest BCUT2D eigenvalue weighted by Gasteiger charge is -1.71. The van der Waals surface area contributed by atoms with Crippen LogP contribution in [0.4, 0.5) is 0 Å². The highest BCUT2D eigenvalue weighted by molar-refractivity contribution is 5.19. The van der Waals surface area contributed by atoms with Crippen LogP contribution in [0.25, 0.3) is 0 Å². The Labute approximate surface area is 50.3 Å². The molecule has 0 aliphatic rings. The van der Waals surface area contributed by atoms with Crippen molar-refractivity contribution in [2.75, 3.05) is 0 Å². The van der Waals surface area contributed by atoms with Crippen molar-refractivity contribution >= 4 is 0 Å². The van der Waals surface area contributed by atoms with Crippen LogP contribution in [-0.2, 0) is 0 Å². The zero-order valence-corrected chi connectivity index (χ0v) is 4.41. The summed E-state index contributed by atoms with van der Waals surface area (Å²) in [4.78, 5) is 0. The first-order chi connectivity index (χ1) is 3.91. The average Bonchev–Trinajstić information content (AvgIpc) is 1.81. The third-order valence-electron chi connectivity index (χ3n) is 0.526. The fraction of sp³-hybridized carbons (Fsp3) is 0.250. The van der Waals surface area contributed by atoms with E-state index in [1.165, 1.54) is 0 Å². The largest absolute Gasteiger partial charge is 0.0881 e. The minimum Gasteiger partial charge on any atom is -0.0881 e. The Hall–Kier alpha value is -1.32. The van der Waals surface area contributed by atoms with E-state index in [-0.39, 0.29) is 0 Å². The van der Waals surface area contributed by atoms with Crippen LogP contribution in [0.5, 0.6) is 0 Å². The summed E-state index contributed by atoms with van der Waals surface area (Å²) >= 11 is 0. The second-order valence-electron chi connectivity index (χ2n) is 1.10. The van der Waals surface area contributed by atoms with Crippen molar-refractivity contribution in [2.45, 2.75) is 12.8 Å². The molecule has 36 valence electrons. The molecule has 0 rings (SSSR count). The highest BCUT2D eigenvalue weighted by atomic mass is 13.7. The zero-order valence-electron chi connectivity index (χ0n) is 4.41. The lowest BCUT2D eigenvalue weighted by atomic mass is 10.3. The maximum Gasteiger partial charge on any atom is 0.0209 e. The molecule has 0 fully saturated rings. The van der Waals surface area contributed by atoms with Gasteiger partial charge in [0.1, 0.15) is 0 Å². The molecule has 0 spiro atoms. The Bertz CT molecular complexity index is 175. The normalized spacial score (nSPS) is 5.25. The molecule has 2 radical (unpaired) electrons. The SMILES string of the molecule is [C]#CC#CCCC#[C]. The molecule has 0 atom stereocenters. The van der Waals surface area contributed by atoms with E-state index in [9.17, 15) is 0 Å². The van der Waals surface area contributed by atoms with Gasteiger partial charge in [0, 0.05) is 12.8 Å². The van der Waals surface area contributed by atoms with Crippen LogP contribution in [0.15, 0.2) is 0 Å². The van der Waals surface area contributed by atoms with Gasteiger partial charge in [-0.05, 0) is 24.7 Å². The van der Waals surface area contributed by atoms with Gasteiger partial charge >= 0.3 is 0 Å². The minimum atomic E-state index is 0.550. The van der Waals surface area contributed by atoms with E-state index in [1.54, 1.807) is 0 Å². The molecule has 0 aromatic carbocycles. The molecular formula is C8H4. The fourth-order valence-electron chi connectivity index (χ4n) is 0.232. The van der Waals surface area contributed by atoms with Gasteiger partial charge in [0.15, 0.2) is 0 Å². The van der Waals surface area contributed by atoms with Crippen LogP contribution in [0, 0.1) is 36.5 Å². The van der Waals surface area contributed by atoms with Gasteiger partial charge < -0.3 is 0 Å².